The smallest absolute Gasteiger partial charge is 0.330 e. The van der Waals surface area contributed by atoms with Crippen molar-refractivity contribution < 1.29 is 38.9 Å². The van der Waals surface area contributed by atoms with Crippen LogP contribution in [0.25, 0.3) is 0 Å². The number of carbonyl (C=O) groups excluding carboxylic acids is 3. The number of unbranched alkanes of at least 4 members (excludes halogenated alkanes) is 1. The van der Waals surface area contributed by atoms with Crippen LogP contribution in [0.4, 0.5) is 0 Å². The minimum atomic E-state index is -0.935. The van der Waals surface area contributed by atoms with Crippen LogP contribution in [0.1, 0.15) is 33.6 Å². The largest absolute Gasteiger partial charge is 0.478 e. The van der Waals surface area contributed by atoms with Crippen LogP contribution in [-0.2, 0) is 28.7 Å². The Morgan fingerprint density at radius 2 is 1.57 bits per heavy atom. The van der Waals surface area contributed by atoms with Crippen molar-refractivity contribution in [1.29, 1.82) is 0 Å². The number of amides is 1. The fourth-order valence-corrected chi connectivity index (χ4v) is 0.643. The van der Waals surface area contributed by atoms with Crippen LogP contribution in [0.15, 0.2) is 50.3 Å². The number of carboxylic acids is 1. The molecule has 0 heterocycles. The van der Waals surface area contributed by atoms with Crippen molar-refractivity contribution in [2.24, 2.45) is 0 Å². The van der Waals surface area contributed by atoms with Gasteiger partial charge in [-0.1, -0.05) is 39.7 Å². The van der Waals surface area contributed by atoms with Crippen LogP contribution in [0.2, 0.25) is 0 Å². The third-order valence-electron chi connectivity index (χ3n) is 1.96. The summed E-state index contributed by atoms with van der Waals surface area (Å²) in [7, 11) is 0. The van der Waals surface area contributed by atoms with Crippen LogP contribution in [0, 0.1) is 0 Å². The van der Waals surface area contributed by atoms with E-state index in [2.05, 4.69) is 41.1 Å². The summed E-state index contributed by atoms with van der Waals surface area (Å²) in [6.07, 6.45) is 5.35. The highest BCUT2D eigenvalue weighted by Crippen LogP contribution is 1.88. The number of aliphatic carboxylic acids is 1. The van der Waals surface area contributed by atoms with Crippen molar-refractivity contribution in [3.8, 4) is 0 Å². The Bertz CT molecular complexity index is 500. The molecule has 0 saturated heterocycles. The molecule has 9 heteroatoms. The number of ether oxygens (including phenoxy) is 2. The Hall–Kier alpha value is -3.20. The molecular weight excluding hydrogens is 370 g/mol. The Morgan fingerprint density at radius 1 is 1.07 bits per heavy atom. The van der Waals surface area contributed by atoms with Crippen molar-refractivity contribution >= 4 is 23.8 Å². The number of aliphatic hydroxyl groups excluding tert-OH is 1. The third-order valence-corrected chi connectivity index (χ3v) is 1.96. The molecule has 0 spiro atoms. The van der Waals surface area contributed by atoms with Crippen LogP contribution >= 0.6 is 0 Å². The first-order valence-corrected chi connectivity index (χ1v) is 8.01. The molecule has 0 radical (unpaired) electrons. The summed E-state index contributed by atoms with van der Waals surface area (Å²) in [6.45, 7) is 17.7. The maximum atomic E-state index is 10.3. The summed E-state index contributed by atoms with van der Waals surface area (Å²) < 4.78 is 8.84. The molecule has 1 amide bonds. The highest BCUT2D eigenvalue weighted by atomic mass is 16.5. The molecule has 0 fully saturated rings. The molecule has 0 bridgehead atoms. The van der Waals surface area contributed by atoms with Crippen molar-refractivity contribution in [1.82, 2.24) is 5.32 Å². The molecule has 0 aromatic carbocycles. The molecule has 0 aliphatic heterocycles. The molecule has 0 aromatic rings. The van der Waals surface area contributed by atoms with Gasteiger partial charge in [0.25, 0.3) is 0 Å². The summed E-state index contributed by atoms with van der Waals surface area (Å²) in [5, 5.41) is 18.0. The van der Waals surface area contributed by atoms with Crippen molar-refractivity contribution in [2.45, 2.75) is 33.6 Å². The number of nitrogens with one attached hydrogen (secondary N) is 1. The van der Waals surface area contributed by atoms with Gasteiger partial charge in [-0.15, -0.1) is 0 Å². The maximum Gasteiger partial charge on any atom is 0.330 e. The van der Waals surface area contributed by atoms with Gasteiger partial charge in [-0.25, -0.2) is 9.59 Å². The van der Waals surface area contributed by atoms with E-state index >= 15 is 0 Å². The molecule has 0 aliphatic carbocycles. The number of carboxylic acid groups (broad SMARTS) is 1. The van der Waals surface area contributed by atoms with E-state index in [1.165, 1.54) is 19.9 Å². The van der Waals surface area contributed by atoms with Gasteiger partial charge >= 0.3 is 17.9 Å². The van der Waals surface area contributed by atoms with Crippen LogP contribution in [0.5, 0.6) is 0 Å². The van der Waals surface area contributed by atoms with Gasteiger partial charge in [0.05, 0.1) is 12.9 Å². The highest BCUT2D eigenvalue weighted by Gasteiger charge is 1.91. The SMILES string of the molecule is C=C(C)C(=O)O.C=CC(=O)NCO.C=CC(=O)OCCCC.C=COC(C)=O. The van der Waals surface area contributed by atoms with E-state index in [1.54, 1.807) is 0 Å². The second-order valence-corrected chi connectivity index (χ2v) is 4.49. The Kier molecular flexibility index (Phi) is 30.2. The molecule has 0 unspecified atom stereocenters. The quantitative estimate of drug-likeness (QED) is 0.185. The molecule has 0 saturated carbocycles. The predicted octanol–water partition coefficient (Wildman–Crippen LogP) is 2.09. The van der Waals surface area contributed by atoms with Crippen molar-refractivity contribution in [2.75, 3.05) is 13.3 Å². The standard InChI is InChI=1S/C7H12O2.C4H7NO2.2C4H6O2/c1-3-5-6-9-7(8)4-2;1-2-4(7)5-3-6;1-3-6-4(2)5;1-3(2)4(5)6/h4H,2-3,5-6H2,1H3;2,6H,1,3H2,(H,5,7);3H,1H2,2H3;1H2,2H3,(H,5,6). The summed E-state index contributed by atoms with van der Waals surface area (Å²) in [5.74, 6) is -1.95. The monoisotopic (exact) mass is 401 g/mol. The summed E-state index contributed by atoms with van der Waals surface area (Å²) >= 11 is 0. The zero-order valence-electron chi connectivity index (χ0n) is 16.7. The number of carbonyl (C=O) groups is 4. The van der Waals surface area contributed by atoms with Gasteiger partial charge in [0.15, 0.2) is 0 Å². The van der Waals surface area contributed by atoms with E-state index in [-0.39, 0.29) is 30.1 Å². The van der Waals surface area contributed by atoms with E-state index in [9.17, 15) is 19.2 Å². The summed E-state index contributed by atoms with van der Waals surface area (Å²) in [5.41, 5.74) is 0.176. The van der Waals surface area contributed by atoms with E-state index in [1.807, 2.05) is 6.92 Å². The second kappa shape index (κ2) is 26.0. The van der Waals surface area contributed by atoms with Gasteiger partial charge in [-0.05, 0) is 19.4 Å². The molecule has 9 nitrogen and oxygen atoms in total. The van der Waals surface area contributed by atoms with Crippen molar-refractivity contribution in [3.05, 3.63) is 50.3 Å². The molecular formula is C19H31NO8. The lowest BCUT2D eigenvalue weighted by Gasteiger charge is -1.97. The van der Waals surface area contributed by atoms with E-state index in [4.69, 9.17) is 10.2 Å². The zero-order valence-corrected chi connectivity index (χ0v) is 16.7. The van der Waals surface area contributed by atoms with E-state index in [0.717, 1.165) is 25.2 Å². The van der Waals surface area contributed by atoms with Crippen molar-refractivity contribution in [3.63, 3.8) is 0 Å². The Morgan fingerprint density at radius 3 is 1.75 bits per heavy atom. The second-order valence-electron chi connectivity index (χ2n) is 4.49. The maximum absolute atomic E-state index is 10.3. The van der Waals surface area contributed by atoms with Gasteiger partial charge in [-0.2, -0.15) is 0 Å². The Balaban J connectivity index is -0.000000139. The van der Waals surface area contributed by atoms with Gasteiger partial charge in [0, 0.05) is 18.6 Å². The van der Waals surface area contributed by atoms with Crippen LogP contribution in [-0.4, -0.2) is 47.4 Å². The lowest BCUT2D eigenvalue weighted by molar-refractivity contribution is -0.138. The molecule has 0 aliphatic rings. The average molecular weight is 401 g/mol. The van der Waals surface area contributed by atoms with Gasteiger partial charge in [-0.3, -0.25) is 9.59 Å². The molecule has 0 aromatic heterocycles. The van der Waals surface area contributed by atoms with E-state index < -0.39 is 5.97 Å². The first kappa shape index (κ1) is 32.5. The molecule has 0 rings (SSSR count). The number of aliphatic hydroxyl groups is 1. The van der Waals surface area contributed by atoms with Gasteiger partial charge in [0.2, 0.25) is 5.91 Å². The zero-order chi connectivity index (χ0) is 23.0. The molecule has 0 atom stereocenters. The average Bonchev–Trinajstić information content (AvgIpc) is 2.63. The number of hydrogen-bond donors (Lipinski definition) is 3. The summed E-state index contributed by atoms with van der Waals surface area (Å²) in [4.78, 5) is 39.7. The minimum Gasteiger partial charge on any atom is -0.478 e. The fraction of sp³-hybridized carbons (Fsp3) is 0.368. The normalized spacial score (nSPS) is 7.71. The first-order chi connectivity index (χ1) is 13.0. The topological polar surface area (TPSA) is 139 Å². The number of esters is 2. The Labute approximate surface area is 166 Å². The summed E-state index contributed by atoms with van der Waals surface area (Å²) in [6, 6.07) is 0. The van der Waals surface area contributed by atoms with Crippen LogP contribution < -0.4 is 5.32 Å². The number of hydrogen-bond acceptors (Lipinski definition) is 7. The predicted molar refractivity (Wildman–Crippen MR) is 106 cm³/mol. The minimum absolute atomic E-state index is 0.176. The van der Waals surface area contributed by atoms with Gasteiger partial charge < -0.3 is 25.0 Å². The fourth-order valence-electron chi connectivity index (χ4n) is 0.643. The lowest BCUT2D eigenvalue weighted by atomic mass is 10.4. The van der Waals surface area contributed by atoms with E-state index in [0.29, 0.717) is 6.61 Å². The third kappa shape index (κ3) is 43.4. The number of rotatable bonds is 8. The van der Waals surface area contributed by atoms with Crippen LogP contribution in [0.3, 0.4) is 0 Å². The highest BCUT2D eigenvalue weighted by molar-refractivity contribution is 5.86. The molecule has 28 heavy (non-hydrogen) atoms. The molecule has 160 valence electrons. The van der Waals surface area contributed by atoms with Gasteiger partial charge in [0.1, 0.15) is 6.73 Å². The lowest BCUT2D eigenvalue weighted by Crippen LogP contribution is -2.20. The molecule has 3 N–H and O–H groups in total. The first-order valence-electron chi connectivity index (χ1n) is 8.01.